The molecule has 1 heterocycles. The molecule has 1 aliphatic rings. The first-order valence-electron chi connectivity index (χ1n) is 10.8. The molecule has 1 unspecified atom stereocenters. The predicted octanol–water partition coefficient (Wildman–Crippen LogP) is 4.89. The molecular formula is C27H24FNO4. The molecule has 0 spiro atoms. The topological polar surface area (TPSA) is 66.8 Å². The van der Waals surface area contributed by atoms with Crippen LogP contribution in [0.5, 0.6) is 5.75 Å². The van der Waals surface area contributed by atoms with Crippen molar-refractivity contribution in [1.82, 2.24) is 4.90 Å². The van der Waals surface area contributed by atoms with Crippen LogP contribution in [0.1, 0.15) is 29.7 Å². The van der Waals surface area contributed by atoms with Crippen LogP contribution in [0.3, 0.4) is 0 Å². The Morgan fingerprint density at radius 2 is 1.64 bits per heavy atom. The van der Waals surface area contributed by atoms with Gasteiger partial charge in [0.1, 0.15) is 17.3 Å². The minimum atomic E-state index is -0.727. The molecule has 168 valence electrons. The monoisotopic (exact) mass is 445 g/mol. The molecule has 6 heteroatoms. The van der Waals surface area contributed by atoms with Crippen LogP contribution >= 0.6 is 0 Å². The van der Waals surface area contributed by atoms with Gasteiger partial charge in [-0.25, -0.2) is 4.39 Å². The van der Waals surface area contributed by atoms with E-state index in [1.54, 1.807) is 36.4 Å². The third-order valence-corrected chi connectivity index (χ3v) is 5.65. The van der Waals surface area contributed by atoms with Gasteiger partial charge in [-0.15, -0.1) is 0 Å². The Labute approximate surface area is 191 Å². The zero-order chi connectivity index (χ0) is 23.4. The second-order valence-electron chi connectivity index (χ2n) is 7.74. The lowest BCUT2D eigenvalue weighted by Crippen LogP contribution is -2.31. The Bertz CT molecular complexity index is 1170. The van der Waals surface area contributed by atoms with Crippen molar-refractivity contribution in [3.05, 3.63) is 107 Å². The van der Waals surface area contributed by atoms with Crippen molar-refractivity contribution in [2.75, 3.05) is 13.2 Å². The van der Waals surface area contributed by atoms with Crippen molar-refractivity contribution in [2.24, 2.45) is 0 Å². The quantitative estimate of drug-likeness (QED) is 0.320. The van der Waals surface area contributed by atoms with E-state index in [1.807, 2.05) is 37.3 Å². The van der Waals surface area contributed by atoms with Gasteiger partial charge in [-0.1, -0.05) is 42.5 Å². The fourth-order valence-electron chi connectivity index (χ4n) is 4.02. The van der Waals surface area contributed by atoms with Crippen LogP contribution in [0.25, 0.3) is 5.76 Å². The lowest BCUT2D eigenvalue weighted by Gasteiger charge is -2.25. The van der Waals surface area contributed by atoms with Gasteiger partial charge in [-0.3, -0.25) is 9.59 Å². The van der Waals surface area contributed by atoms with E-state index in [-0.39, 0.29) is 23.7 Å². The van der Waals surface area contributed by atoms with Gasteiger partial charge in [0, 0.05) is 12.1 Å². The maximum Gasteiger partial charge on any atom is 0.295 e. The fraction of sp³-hybridized carbons (Fsp3) is 0.185. The molecule has 1 N–H and O–H groups in total. The van der Waals surface area contributed by atoms with E-state index < -0.39 is 17.7 Å². The van der Waals surface area contributed by atoms with E-state index in [4.69, 9.17) is 4.74 Å². The number of nitrogens with zero attached hydrogens (tertiary/aromatic N) is 1. The van der Waals surface area contributed by atoms with E-state index in [0.717, 1.165) is 11.1 Å². The number of ether oxygens (including phenoxy) is 1. The van der Waals surface area contributed by atoms with Crippen LogP contribution in [0, 0.1) is 5.82 Å². The van der Waals surface area contributed by atoms with Gasteiger partial charge in [0.05, 0.1) is 18.2 Å². The Morgan fingerprint density at radius 3 is 2.27 bits per heavy atom. The number of Topliss-reactive ketones (excluding diaryl/α,β-unsaturated/α-hetero) is 1. The van der Waals surface area contributed by atoms with E-state index in [1.165, 1.54) is 17.0 Å². The van der Waals surface area contributed by atoms with Crippen LogP contribution in [-0.2, 0) is 16.0 Å². The average molecular weight is 445 g/mol. The largest absolute Gasteiger partial charge is 0.507 e. The van der Waals surface area contributed by atoms with Crippen molar-refractivity contribution < 1.29 is 23.8 Å². The molecule has 3 aromatic carbocycles. The molecular weight excluding hydrogens is 421 g/mol. The molecule has 4 rings (SSSR count). The summed E-state index contributed by atoms with van der Waals surface area (Å²) in [6.07, 6.45) is 0.444. The summed E-state index contributed by atoms with van der Waals surface area (Å²) in [5.41, 5.74) is 2.05. The van der Waals surface area contributed by atoms with Gasteiger partial charge < -0.3 is 14.7 Å². The lowest BCUT2D eigenvalue weighted by molar-refractivity contribution is -0.139. The van der Waals surface area contributed by atoms with Crippen LogP contribution in [0.15, 0.2) is 84.4 Å². The molecule has 0 radical (unpaired) electrons. The summed E-state index contributed by atoms with van der Waals surface area (Å²) in [5.74, 6) is -1.31. The van der Waals surface area contributed by atoms with Crippen molar-refractivity contribution >= 4 is 17.4 Å². The summed E-state index contributed by atoms with van der Waals surface area (Å²) in [5, 5.41) is 11.1. The Kier molecular flexibility index (Phi) is 6.54. The average Bonchev–Trinajstić information content (AvgIpc) is 3.09. The molecule has 1 aliphatic heterocycles. The number of likely N-dealkylation sites (tertiary alicyclic amines) is 1. The summed E-state index contributed by atoms with van der Waals surface area (Å²) in [7, 11) is 0. The number of rotatable bonds is 7. The third kappa shape index (κ3) is 4.65. The SMILES string of the molecule is CCOc1ccc(/C(O)=C2/C(=O)C(=O)N(CCc3ccc(F)cc3)C2c2ccccc2)cc1. The summed E-state index contributed by atoms with van der Waals surface area (Å²) in [6.45, 7) is 2.63. The maximum absolute atomic E-state index is 13.2. The molecule has 33 heavy (non-hydrogen) atoms. The minimum Gasteiger partial charge on any atom is -0.507 e. The van der Waals surface area contributed by atoms with Crippen LogP contribution < -0.4 is 4.74 Å². The zero-order valence-electron chi connectivity index (χ0n) is 18.2. The number of amides is 1. The Hall–Kier alpha value is -3.93. The summed E-state index contributed by atoms with van der Waals surface area (Å²) < 4.78 is 18.7. The van der Waals surface area contributed by atoms with Crippen LogP contribution in [0.4, 0.5) is 4.39 Å². The van der Waals surface area contributed by atoms with E-state index in [2.05, 4.69) is 0 Å². The Balaban J connectivity index is 1.72. The highest BCUT2D eigenvalue weighted by atomic mass is 19.1. The van der Waals surface area contributed by atoms with E-state index >= 15 is 0 Å². The van der Waals surface area contributed by atoms with Crippen molar-refractivity contribution in [3.8, 4) is 5.75 Å². The lowest BCUT2D eigenvalue weighted by atomic mass is 9.95. The highest BCUT2D eigenvalue weighted by Gasteiger charge is 2.45. The highest BCUT2D eigenvalue weighted by Crippen LogP contribution is 2.39. The van der Waals surface area contributed by atoms with E-state index in [9.17, 15) is 19.1 Å². The first-order valence-corrected chi connectivity index (χ1v) is 10.8. The van der Waals surface area contributed by atoms with Crippen molar-refractivity contribution in [1.29, 1.82) is 0 Å². The normalized spacial score (nSPS) is 17.4. The van der Waals surface area contributed by atoms with Gasteiger partial charge in [-0.05, 0) is 60.9 Å². The number of ketones is 1. The van der Waals surface area contributed by atoms with E-state index in [0.29, 0.717) is 24.3 Å². The predicted molar refractivity (Wildman–Crippen MR) is 123 cm³/mol. The maximum atomic E-state index is 13.2. The smallest absolute Gasteiger partial charge is 0.295 e. The van der Waals surface area contributed by atoms with Crippen LogP contribution in [-0.4, -0.2) is 34.8 Å². The molecule has 3 aromatic rings. The van der Waals surface area contributed by atoms with Gasteiger partial charge >= 0.3 is 0 Å². The van der Waals surface area contributed by atoms with Gasteiger partial charge in [-0.2, -0.15) is 0 Å². The number of aliphatic hydroxyl groups excluding tert-OH is 1. The molecule has 0 aromatic heterocycles. The first-order chi connectivity index (χ1) is 16.0. The van der Waals surface area contributed by atoms with Crippen LogP contribution in [0.2, 0.25) is 0 Å². The third-order valence-electron chi connectivity index (χ3n) is 5.65. The molecule has 0 saturated carbocycles. The molecule has 1 saturated heterocycles. The second-order valence-corrected chi connectivity index (χ2v) is 7.74. The number of hydrogen-bond acceptors (Lipinski definition) is 4. The van der Waals surface area contributed by atoms with Gasteiger partial charge in [0.25, 0.3) is 11.7 Å². The number of carbonyl (C=O) groups excluding carboxylic acids is 2. The Morgan fingerprint density at radius 1 is 0.970 bits per heavy atom. The number of carbonyl (C=O) groups is 2. The van der Waals surface area contributed by atoms with Crippen molar-refractivity contribution in [3.63, 3.8) is 0 Å². The number of halogens is 1. The summed E-state index contributed by atoms with van der Waals surface area (Å²) in [6, 6.07) is 21.2. The van der Waals surface area contributed by atoms with Crippen molar-refractivity contribution in [2.45, 2.75) is 19.4 Å². The summed E-state index contributed by atoms with van der Waals surface area (Å²) >= 11 is 0. The molecule has 1 fully saturated rings. The molecule has 5 nitrogen and oxygen atoms in total. The molecule has 1 amide bonds. The summed E-state index contributed by atoms with van der Waals surface area (Å²) in [4.78, 5) is 27.5. The molecule has 0 aliphatic carbocycles. The number of hydrogen-bond donors (Lipinski definition) is 1. The molecule has 0 bridgehead atoms. The fourth-order valence-corrected chi connectivity index (χ4v) is 4.02. The molecule has 1 atom stereocenters. The highest BCUT2D eigenvalue weighted by molar-refractivity contribution is 6.46. The zero-order valence-corrected chi connectivity index (χ0v) is 18.2. The van der Waals surface area contributed by atoms with Gasteiger partial charge in [0.15, 0.2) is 0 Å². The standard InChI is InChI=1S/C27H24FNO4/c1-2-33-22-14-10-20(11-15-22)25(30)23-24(19-6-4-3-5-7-19)29(27(32)26(23)31)17-16-18-8-12-21(28)13-9-18/h3-15,24,30H,2,16-17H2,1H3/b25-23-. The second kappa shape index (κ2) is 9.69. The number of aliphatic hydroxyl groups is 1. The minimum absolute atomic E-state index is 0.0504. The van der Waals surface area contributed by atoms with Gasteiger partial charge in [0.2, 0.25) is 0 Å². The number of benzene rings is 3. The first kappa shape index (κ1) is 22.3.